The number of esters is 1. The quantitative estimate of drug-likeness (QED) is 0.244. The summed E-state index contributed by atoms with van der Waals surface area (Å²) in [5.41, 5.74) is 1.36. The number of nitro groups is 1. The Hall–Kier alpha value is -3.72. The second-order valence-electron chi connectivity index (χ2n) is 6.47. The van der Waals surface area contributed by atoms with Crippen LogP contribution in [0.3, 0.4) is 0 Å². The van der Waals surface area contributed by atoms with Crippen molar-refractivity contribution in [3.05, 3.63) is 74.9 Å². The van der Waals surface area contributed by atoms with Gasteiger partial charge in [-0.15, -0.1) is 0 Å². The minimum atomic E-state index is -0.550. The van der Waals surface area contributed by atoms with Crippen LogP contribution in [0.4, 0.5) is 5.69 Å². The summed E-state index contributed by atoms with van der Waals surface area (Å²) in [6.45, 7) is 0.00108. The summed E-state index contributed by atoms with van der Waals surface area (Å²) in [5, 5.41) is 14.3. The third kappa shape index (κ3) is 5.67. The van der Waals surface area contributed by atoms with E-state index < -0.39 is 16.8 Å². The van der Waals surface area contributed by atoms with Gasteiger partial charge < -0.3 is 14.8 Å². The molecule has 10 heteroatoms. The number of amides is 1. The lowest BCUT2D eigenvalue weighted by Crippen LogP contribution is -2.26. The molecule has 9 nitrogen and oxygen atoms in total. The van der Waals surface area contributed by atoms with Crippen molar-refractivity contribution in [1.82, 2.24) is 10.3 Å². The number of benzene rings is 2. The first-order valence-corrected chi connectivity index (χ1v) is 9.56. The number of carbonyl (C=O) groups is 2. The van der Waals surface area contributed by atoms with Gasteiger partial charge in [0.15, 0.2) is 0 Å². The topological polar surface area (TPSA) is 121 Å². The van der Waals surface area contributed by atoms with E-state index in [2.05, 4.69) is 10.3 Å². The van der Waals surface area contributed by atoms with Crippen LogP contribution in [0.5, 0.6) is 5.75 Å². The van der Waals surface area contributed by atoms with Crippen LogP contribution >= 0.6 is 11.6 Å². The standard InChI is InChI=1S/C21H18ClN3O6/c1-30-17-7-4-14-10-15(20(22)24-18(14)11-17)12-31-19(26)8-9-23-21(27)13-2-5-16(6-3-13)25(28)29/h2-7,10-11H,8-9,12H2,1H3,(H,23,27). The maximum Gasteiger partial charge on any atom is 0.307 e. The van der Waals surface area contributed by atoms with Crippen molar-refractivity contribution in [1.29, 1.82) is 0 Å². The molecule has 3 aromatic rings. The average molecular weight is 444 g/mol. The molecule has 160 valence electrons. The molecule has 1 heterocycles. The van der Waals surface area contributed by atoms with Gasteiger partial charge in [0.05, 0.1) is 24.0 Å². The summed E-state index contributed by atoms with van der Waals surface area (Å²) in [7, 11) is 1.56. The smallest absolute Gasteiger partial charge is 0.307 e. The SMILES string of the molecule is COc1ccc2cc(COC(=O)CCNC(=O)c3ccc([N+](=O)[O-])cc3)c(Cl)nc2c1. The number of carbonyl (C=O) groups excluding carboxylic acids is 2. The number of nitrogens with one attached hydrogen (secondary N) is 1. The molecule has 0 aliphatic heterocycles. The normalized spacial score (nSPS) is 10.5. The van der Waals surface area contributed by atoms with Crippen LogP contribution in [0, 0.1) is 10.1 Å². The molecule has 1 amide bonds. The Kier molecular flexibility index (Phi) is 6.99. The number of nitrogens with zero attached hydrogens (tertiary/aromatic N) is 2. The molecule has 0 aliphatic carbocycles. The summed E-state index contributed by atoms with van der Waals surface area (Å²) in [6, 6.07) is 12.3. The molecule has 1 N–H and O–H groups in total. The molecule has 3 rings (SSSR count). The summed E-state index contributed by atoms with van der Waals surface area (Å²) < 4.78 is 10.4. The Bertz CT molecular complexity index is 1130. The maximum absolute atomic E-state index is 12.0. The van der Waals surface area contributed by atoms with Crippen LogP contribution < -0.4 is 10.1 Å². The van der Waals surface area contributed by atoms with E-state index in [0.717, 1.165) is 5.39 Å². The zero-order chi connectivity index (χ0) is 22.4. The fraction of sp³-hybridized carbons (Fsp3) is 0.190. The number of fused-ring (bicyclic) bond motifs is 1. The van der Waals surface area contributed by atoms with Gasteiger partial charge in [0.25, 0.3) is 11.6 Å². The minimum Gasteiger partial charge on any atom is -0.497 e. The summed E-state index contributed by atoms with van der Waals surface area (Å²) >= 11 is 6.18. The molecule has 0 spiro atoms. The highest BCUT2D eigenvalue weighted by molar-refractivity contribution is 6.30. The molecule has 0 aliphatic rings. The van der Waals surface area contributed by atoms with Gasteiger partial charge in [-0.1, -0.05) is 11.6 Å². The van der Waals surface area contributed by atoms with E-state index in [1.807, 2.05) is 6.07 Å². The second-order valence-corrected chi connectivity index (χ2v) is 6.83. The number of aromatic nitrogens is 1. The van der Waals surface area contributed by atoms with Gasteiger partial charge in [0.2, 0.25) is 0 Å². The van der Waals surface area contributed by atoms with Gasteiger partial charge >= 0.3 is 5.97 Å². The van der Waals surface area contributed by atoms with Crippen molar-refractivity contribution >= 4 is 40.1 Å². The molecule has 0 unspecified atom stereocenters. The first kappa shape index (κ1) is 22.0. The number of rotatable bonds is 8. The fourth-order valence-electron chi connectivity index (χ4n) is 2.74. The van der Waals surface area contributed by atoms with Gasteiger partial charge in [-0.05, 0) is 30.3 Å². The van der Waals surface area contributed by atoms with E-state index in [9.17, 15) is 19.7 Å². The predicted octanol–water partition coefficient (Wildman–Crippen LogP) is 3.67. The lowest BCUT2D eigenvalue weighted by Gasteiger charge is -2.09. The molecular formula is C21H18ClN3O6. The Labute approximate surface area is 182 Å². The van der Waals surface area contributed by atoms with Crippen molar-refractivity contribution in [2.45, 2.75) is 13.0 Å². The number of halogens is 1. The molecule has 0 saturated heterocycles. The summed E-state index contributed by atoms with van der Waals surface area (Å²) in [6.07, 6.45) is -0.0471. The van der Waals surface area contributed by atoms with E-state index in [-0.39, 0.29) is 36.0 Å². The zero-order valence-electron chi connectivity index (χ0n) is 16.5. The monoisotopic (exact) mass is 443 g/mol. The Balaban J connectivity index is 1.49. The van der Waals surface area contributed by atoms with Crippen molar-refractivity contribution in [2.75, 3.05) is 13.7 Å². The van der Waals surface area contributed by atoms with Gasteiger partial charge in [-0.2, -0.15) is 0 Å². The highest BCUT2D eigenvalue weighted by atomic mass is 35.5. The van der Waals surface area contributed by atoms with Crippen LogP contribution in [0.25, 0.3) is 10.9 Å². The molecule has 2 aromatic carbocycles. The Morgan fingerprint density at radius 3 is 2.58 bits per heavy atom. The Morgan fingerprint density at radius 2 is 1.90 bits per heavy atom. The van der Waals surface area contributed by atoms with Gasteiger partial charge in [0, 0.05) is 41.3 Å². The molecule has 0 fully saturated rings. The lowest BCUT2D eigenvalue weighted by molar-refractivity contribution is -0.384. The third-order valence-electron chi connectivity index (χ3n) is 4.39. The zero-order valence-corrected chi connectivity index (χ0v) is 17.2. The van der Waals surface area contributed by atoms with Crippen molar-refractivity contribution in [3.8, 4) is 5.75 Å². The molecule has 0 atom stereocenters. The number of pyridine rings is 1. The number of nitro benzene ring substituents is 1. The number of non-ortho nitro benzene ring substituents is 1. The van der Waals surface area contributed by atoms with Crippen molar-refractivity contribution < 1.29 is 24.0 Å². The number of hydrogen-bond acceptors (Lipinski definition) is 7. The first-order valence-electron chi connectivity index (χ1n) is 9.19. The summed E-state index contributed by atoms with van der Waals surface area (Å²) in [5.74, 6) is -0.305. The fourth-order valence-corrected chi connectivity index (χ4v) is 2.94. The largest absolute Gasteiger partial charge is 0.497 e. The average Bonchev–Trinajstić information content (AvgIpc) is 2.77. The highest BCUT2D eigenvalue weighted by Crippen LogP contribution is 2.24. The molecule has 0 radical (unpaired) electrons. The van der Waals surface area contributed by atoms with Crippen LogP contribution in [0.1, 0.15) is 22.3 Å². The number of methoxy groups -OCH3 is 1. The molecule has 0 bridgehead atoms. The predicted molar refractivity (Wildman–Crippen MR) is 113 cm³/mol. The number of hydrogen-bond donors (Lipinski definition) is 1. The van der Waals surface area contributed by atoms with Gasteiger partial charge in [0.1, 0.15) is 17.5 Å². The highest BCUT2D eigenvalue weighted by Gasteiger charge is 2.12. The first-order chi connectivity index (χ1) is 14.9. The Morgan fingerprint density at radius 1 is 1.16 bits per heavy atom. The van der Waals surface area contributed by atoms with E-state index >= 15 is 0 Å². The van der Waals surface area contributed by atoms with Crippen LogP contribution in [0.2, 0.25) is 5.15 Å². The van der Waals surface area contributed by atoms with E-state index in [0.29, 0.717) is 16.8 Å². The van der Waals surface area contributed by atoms with E-state index in [4.69, 9.17) is 21.1 Å². The second kappa shape index (κ2) is 9.86. The van der Waals surface area contributed by atoms with Gasteiger partial charge in [-0.25, -0.2) is 4.98 Å². The van der Waals surface area contributed by atoms with Crippen molar-refractivity contribution in [3.63, 3.8) is 0 Å². The molecule has 1 aromatic heterocycles. The maximum atomic E-state index is 12.0. The summed E-state index contributed by atoms with van der Waals surface area (Å²) in [4.78, 5) is 38.4. The molecule has 0 saturated carbocycles. The molecule has 31 heavy (non-hydrogen) atoms. The van der Waals surface area contributed by atoms with Crippen LogP contribution in [-0.4, -0.2) is 35.4 Å². The molecular weight excluding hydrogens is 426 g/mol. The van der Waals surface area contributed by atoms with Crippen molar-refractivity contribution in [2.24, 2.45) is 0 Å². The van der Waals surface area contributed by atoms with Crippen LogP contribution in [-0.2, 0) is 16.1 Å². The van der Waals surface area contributed by atoms with Crippen LogP contribution in [0.15, 0.2) is 48.5 Å². The lowest BCUT2D eigenvalue weighted by atomic mass is 10.1. The van der Waals surface area contributed by atoms with E-state index in [1.54, 1.807) is 25.3 Å². The van der Waals surface area contributed by atoms with Gasteiger partial charge in [-0.3, -0.25) is 19.7 Å². The number of ether oxygens (including phenoxy) is 2. The minimum absolute atomic E-state index is 0.0471. The third-order valence-corrected chi connectivity index (χ3v) is 4.72. The van der Waals surface area contributed by atoms with E-state index in [1.165, 1.54) is 24.3 Å².